The van der Waals surface area contributed by atoms with Crippen molar-refractivity contribution >= 4 is 29.3 Å². The van der Waals surface area contributed by atoms with Crippen molar-refractivity contribution in [3.05, 3.63) is 34.7 Å². The number of nitrogens with one attached hydrogen (secondary N) is 2. The van der Waals surface area contributed by atoms with Gasteiger partial charge in [0, 0.05) is 33.1 Å². The number of hydrogen-bond donors (Lipinski definition) is 2. The number of amides is 1. The van der Waals surface area contributed by atoms with Crippen molar-refractivity contribution < 1.29 is 4.79 Å². The Morgan fingerprint density at radius 3 is 2.52 bits per heavy atom. The summed E-state index contributed by atoms with van der Waals surface area (Å²) >= 11 is 0. The third kappa shape index (κ3) is 4.84. The molecule has 1 heterocycles. The first-order chi connectivity index (χ1) is 10.6. The van der Waals surface area contributed by atoms with E-state index >= 15 is 0 Å². The lowest BCUT2D eigenvalue weighted by molar-refractivity contribution is -0.121. The van der Waals surface area contributed by atoms with E-state index in [2.05, 4.69) is 17.6 Å². The minimum Gasteiger partial charge on any atom is -0.355 e. The Hall–Kier alpha value is -1.79. The first kappa shape index (κ1) is 19.3. The molecule has 2 N–H and O–H groups in total. The molecule has 2 aromatic rings. The second kappa shape index (κ2) is 9.37. The molecule has 0 aliphatic heterocycles. The number of fused-ring (bicyclic) bond motifs is 1. The molecule has 0 saturated heterocycles. The van der Waals surface area contributed by atoms with E-state index in [0.29, 0.717) is 19.5 Å². The molecular formula is C16H25ClN4O2. The fraction of sp³-hybridized carbons (Fsp3) is 0.500. The molecule has 0 fully saturated rings. The summed E-state index contributed by atoms with van der Waals surface area (Å²) in [6.45, 7) is 4.85. The smallest absolute Gasteiger partial charge is 0.328 e. The number of halogens is 1. The molecular weight excluding hydrogens is 316 g/mol. The van der Waals surface area contributed by atoms with Crippen molar-refractivity contribution in [2.24, 2.45) is 7.05 Å². The van der Waals surface area contributed by atoms with Gasteiger partial charge in [-0.2, -0.15) is 0 Å². The van der Waals surface area contributed by atoms with E-state index in [-0.39, 0.29) is 24.0 Å². The van der Waals surface area contributed by atoms with Gasteiger partial charge in [-0.15, -0.1) is 12.4 Å². The highest BCUT2D eigenvalue weighted by molar-refractivity contribution is 5.85. The Morgan fingerprint density at radius 1 is 1.13 bits per heavy atom. The first-order valence-electron chi connectivity index (χ1n) is 7.76. The van der Waals surface area contributed by atoms with Crippen LogP contribution >= 0.6 is 12.4 Å². The zero-order valence-electron chi connectivity index (χ0n) is 13.7. The Morgan fingerprint density at radius 2 is 1.83 bits per heavy atom. The van der Waals surface area contributed by atoms with Crippen LogP contribution in [-0.4, -0.2) is 34.7 Å². The van der Waals surface area contributed by atoms with Gasteiger partial charge in [0.1, 0.15) is 0 Å². The molecule has 0 radical (unpaired) electrons. The summed E-state index contributed by atoms with van der Waals surface area (Å²) < 4.78 is 3.27. The molecule has 1 aromatic heterocycles. The summed E-state index contributed by atoms with van der Waals surface area (Å²) in [5.74, 6) is -0.0295. The Bertz CT molecular complexity index is 693. The number of para-hydroxylation sites is 2. The maximum Gasteiger partial charge on any atom is 0.328 e. The van der Waals surface area contributed by atoms with Gasteiger partial charge in [-0.05, 0) is 25.1 Å². The number of hydrogen-bond acceptors (Lipinski definition) is 3. The second-order valence-corrected chi connectivity index (χ2v) is 5.33. The zero-order valence-corrected chi connectivity index (χ0v) is 14.5. The van der Waals surface area contributed by atoms with Crippen molar-refractivity contribution in [3.63, 3.8) is 0 Å². The Labute approximate surface area is 142 Å². The van der Waals surface area contributed by atoms with Crippen LogP contribution in [0.4, 0.5) is 0 Å². The summed E-state index contributed by atoms with van der Waals surface area (Å²) in [7, 11) is 1.75. The summed E-state index contributed by atoms with van der Waals surface area (Å²) in [5, 5.41) is 6.09. The Kier molecular flexibility index (Phi) is 7.85. The van der Waals surface area contributed by atoms with Crippen LogP contribution in [0.3, 0.4) is 0 Å². The van der Waals surface area contributed by atoms with Crippen LogP contribution in [0.5, 0.6) is 0 Å². The SMILES string of the molecule is CCCNCCNC(=O)CCn1c(=O)n(C)c2ccccc21.Cl. The van der Waals surface area contributed by atoms with Gasteiger partial charge in [-0.25, -0.2) is 4.79 Å². The van der Waals surface area contributed by atoms with Gasteiger partial charge in [0.2, 0.25) is 5.91 Å². The normalized spacial score (nSPS) is 10.5. The van der Waals surface area contributed by atoms with E-state index in [4.69, 9.17) is 0 Å². The lowest BCUT2D eigenvalue weighted by Crippen LogP contribution is -2.33. The van der Waals surface area contributed by atoms with Gasteiger partial charge < -0.3 is 10.6 Å². The molecule has 6 nitrogen and oxygen atoms in total. The van der Waals surface area contributed by atoms with Gasteiger partial charge in [-0.3, -0.25) is 13.9 Å². The monoisotopic (exact) mass is 340 g/mol. The fourth-order valence-electron chi connectivity index (χ4n) is 2.47. The number of nitrogens with zero attached hydrogens (tertiary/aromatic N) is 2. The van der Waals surface area contributed by atoms with Crippen molar-refractivity contribution in [1.29, 1.82) is 0 Å². The lowest BCUT2D eigenvalue weighted by Gasteiger charge is -2.07. The highest BCUT2D eigenvalue weighted by atomic mass is 35.5. The van der Waals surface area contributed by atoms with E-state index in [9.17, 15) is 9.59 Å². The maximum atomic E-state index is 12.2. The van der Waals surface area contributed by atoms with E-state index in [1.807, 2.05) is 24.3 Å². The number of aryl methyl sites for hydroxylation is 2. The molecule has 0 aliphatic rings. The topological polar surface area (TPSA) is 68.1 Å². The number of aromatic nitrogens is 2. The summed E-state index contributed by atoms with van der Waals surface area (Å²) in [6, 6.07) is 7.62. The fourth-order valence-corrected chi connectivity index (χ4v) is 2.47. The number of imidazole rings is 1. The van der Waals surface area contributed by atoms with Gasteiger partial charge >= 0.3 is 5.69 Å². The van der Waals surface area contributed by atoms with Crippen LogP contribution in [0.25, 0.3) is 11.0 Å². The average molecular weight is 341 g/mol. The molecule has 0 bridgehead atoms. The molecule has 0 atom stereocenters. The van der Waals surface area contributed by atoms with Gasteiger partial charge in [0.05, 0.1) is 11.0 Å². The summed E-state index contributed by atoms with van der Waals surface area (Å²) in [6.07, 6.45) is 1.39. The molecule has 2 rings (SSSR count). The summed E-state index contributed by atoms with van der Waals surface area (Å²) in [4.78, 5) is 24.1. The minimum atomic E-state index is -0.0846. The van der Waals surface area contributed by atoms with Crippen molar-refractivity contribution in [3.8, 4) is 0 Å². The molecule has 23 heavy (non-hydrogen) atoms. The van der Waals surface area contributed by atoms with Crippen LogP contribution in [0, 0.1) is 0 Å². The minimum absolute atomic E-state index is 0. The van der Waals surface area contributed by atoms with Gasteiger partial charge in [-0.1, -0.05) is 19.1 Å². The van der Waals surface area contributed by atoms with Gasteiger partial charge in [0.15, 0.2) is 0 Å². The first-order valence-corrected chi connectivity index (χ1v) is 7.76. The Balaban J connectivity index is 0.00000264. The van der Waals surface area contributed by atoms with Crippen molar-refractivity contribution in [2.45, 2.75) is 26.3 Å². The quantitative estimate of drug-likeness (QED) is 0.711. The average Bonchev–Trinajstić information content (AvgIpc) is 2.77. The molecule has 128 valence electrons. The molecule has 1 amide bonds. The van der Waals surface area contributed by atoms with Gasteiger partial charge in [0.25, 0.3) is 0 Å². The van der Waals surface area contributed by atoms with Crippen molar-refractivity contribution in [2.75, 3.05) is 19.6 Å². The van der Waals surface area contributed by atoms with E-state index in [1.54, 1.807) is 16.2 Å². The lowest BCUT2D eigenvalue weighted by atomic mass is 10.3. The van der Waals surface area contributed by atoms with E-state index in [0.717, 1.165) is 30.5 Å². The van der Waals surface area contributed by atoms with Crippen LogP contribution in [0.2, 0.25) is 0 Å². The van der Waals surface area contributed by atoms with Crippen LogP contribution in [0.15, 0.2) is 29.1 Å². The molecule has 0 saturated carbocycles. The molecule has 0 aliphatic carbocycles. The molecule has 7 heteroatoms. The zero-order chi connectivity index (χ0) is 15.9. The van der Waals surface area contributed by atoms with E-state index in [1.165, 1.54) is 0 Å². The predicted molar refractivity (Wildman–Crippen MR) is 95.2 cm³/mol. The molecule has 0 unspecified atom stereocenters. The standard InChI is InChI=1S/C16H24N4O2.ClH/c1-3-9-17-10-11-18-15(21)8-12-20-14-7-5-4-6-13(14)19(2)16(20)22;/h4-7,17H,3,8-12H2,1-2H3,(H,18,21);1H. The third-order valence-electron chi connectivity index (χ3n) is 3.66. The predicted octanol–water partition coefficient (Wildman–Crippen LogP) is 1.27. The molecule has 0 spiro atoms. The number of carbonyl (C=O) groups is 1. The number of carbonyl (C=O) groups excluding carboxylic acids is 1. The van der Waals surface area contributed by atoms with Crippen molar-refractivity contribution in [1.82, 2.24) is 19.8 Å². The molecule has 1 aromatic carbocycles. The summed E-state index contributed by atoms with van der Waals surface area (Å²) in [5.41, 5.74) is 1.67. The van der Waals surface area contributed by atoms with Crippen LogP contribution in [-0.2, 0) is 18.4 Å². The third-order valence-corrected chi connectivity index (χ3v) is 3.66. The number of benzene rings is 1. The second-order valence-electron chi connectivity index (χ2n) is 5.33. The van der Waals surface area contributed by atoms with E-state index < -0.39 is 0 Å². The maximum absolute atomic E-state index is 12.2. The highest BCUT2D eigenvalue weighted by Gasteiger charge is 2.11. The largest absolute Gasteiger partial charge is 0.355 e. The van der Waals surface area contributed by atoms with Crippen LogP contribution in [0.1, 0.15) is 19.8 Å². The highest BCUT2D eigenvalue weighted by Crippen LogP contribution is 2.11. The number of rotatable bonds is 8. The van der Waals surface area contributed by atoms with Crippen LogP contribution < -0.4 is 16.3 Å².